The minimum absolute atomic E-state index is 0.0300. The highest BCUT2D eigenvalue weighted by Crippen LogP contribution is 2.17. The van der Waals surface area contributed by atoms with Gasteiger partial charge in [0.05, 0.1) is 18.4 Å². The Balaban J connectivity index is 1.88. The number of rotatable bonds is 6. The molecule has 0 bridgehead atoms. The maximum Gasteiger partial charge on any atom is 0.337 e. The van der Waals surface area contributed by atoms with Gasteiger partial charge >= 0.3 is 5.97 Å². The molecule has 8 heteroatoms. The first-order valence-corrected chi connectivity index (χ1v) is 7.93. The number of ether oxygens (including phenoxy) is 1. The van der Waals surface area contributed by atoms with E-state index in [1.165, 1.54) is 30.6 Å². The van der Waals surface area contributed by atoms with Gasteiger partial charge in [-0.15, -0.1) is 0 Å². The van der Waals surface area contributed by atoms with Crippen LogP contribution in [0.4, 0.5) is 10.1 Å². The first-order valence-electron chi connectivity index (χ1n) is 6.99. The molecule has 1 aromatic carbocycles. The van der Waals surface area contributed by atoms with E-state index in [9.17, 15) is 18.8 Å². The lowest BCUT2D eigenvalue weighted by molar-refractivity contribution is -0.116. The molecule has 0 saturated heterocycles. The Bertz CT molecular complexity index is 747. The van der Waals surface area contributed by atoms with E-state index in [4.69, 9.17) is 0 Å². The van der Waals surface area contributed by atoms with E-state index >= 15 is 0 Å². The summed E-state index contributed by atoms with van der Waals surface area (Å²) in [5.41, 5.74) is 0.532. The average molecular weight is 350 g/mol. The molecular formula is C16H15FN2O4S. The second kappa shape index (κ2) is 8.21. The molecule has 0 aliphatic carbocycles. The lowest BCUT2D eigenvalue weighted by Gasteiger charge is -2.08. The highest BCUT2D eigenvalue weighted by molar-refractivity contribution is 7.08. The van der Waals surface area contributed by atoms with Crippen LogP contribution in [0, 0.1) is 5.82 Å². The van der Waals surface area contributed by atoms with Crippen LogP contribution in [0.15, 0.2) is 35.0 Å². The van der Waals surface area contributed by atoms with Gasteiger partial charge in [0, 0.05) is 23.9 Å². The quantitative estimate of drug-likeness (QED) is 0.784. The van der Waals surface area contributed by atoms with Gasteiger partial charge in [-0.25, -0.2) is 9.18 Å². The molecule has 2 amide bonds. The largest absolute Gasteiger partial charge is 0.465 e. The van der Waals surface area contributed by atoms with E-state index in [-0.39, 0.29) is 30.1 Å². The van der Waals surface area contributed by atoms with E-state index in [1.807, 2.05) is 0 Å². The minimum Gasteiger partial charge on any atom is -0.465 e. The number of methoxy groups -OCH3 is 1. The summed E-state index contributed by atoms with van der Waals surface area (Å²) in [7, 11) is 1.21. The van der Waals surface area contributed by atoms with Gasteiger partial charge in [-0.05, 0) is 29.6 Å². The fourth-order valence-corrected chi connectivity index (χ4v) is 2.50. The molecule has 0 spiro atoms. The Morgan fingerprint density at radius 3 is 2.67 bits per heavy atom. The zero-order valence-corrected chi connectivity index (χ0v) is 13.6. The number of carbonyl (C=O) groups is 3. The molecule has 1 aromatic heterocycles. The maximum atomic E-state index is 13.7. The number of nitrogens with one attached hydrogen (secondary N) is 2. The van der Waals surface area contributed by atoms with Crippen LogP contribution in [0.5, 0.6) is 0 Å². The lowest BCUT2D eigenvalue weighted by atomic mass is 10.2. The van der Waals surface area contributed by atoms with E-state index < -0.39 is 17.7 Å². The van der Waals surface area contributed by atoms with Crippen LogP contribution in [-0.2, 0) is 9.53 Å². The van der Waals surface area contributed by atoms with Crippen molar-refractivity contribution in [2.24, 2.45) is 0 Å². The predicted octanol–water partition coefficient (Wildman–Crippen LogP) is 2.43. The molecule has 0 atom stereocenters. The number of carbonyl (C=O) groups excluding carboxylic acids is 3. The molecule has 2 aromatic rings. The number of hydrogen-bond acceptors (Lipinski definition) is 5. The smallest absolute Gasteiger partial charge is 0.337 e. The zero-order valence-electron chi connectivity index (χ0n) is 12.8. The minimum atomic E-state index is -0.668. The van der Waals surface area contributed by atoms with Crippen molar-refractivity contribution in [1.29, 1.82) is 0 Å². The molecule has 0 unspecified atom stereocenters. The first kappa shape index (κ1) is 17.6. The van der Waals surface area contributed by atoms with Crippen LogP contribution < -0.4 is 10.6 Å². The van der Waals surface area contributed by atoms with Crippen LogP contribution in [0.1, 0.15) is 27.1 Å². The predicted molar refractivity (Wildman–Crippen MR) is 87.6 cm³/mol. The number of thiophene rings is 1. The van der Waals surface area contributed by atoms with Crippen molar-refractivity contribution in [3.05, 3.63) is 52.0 Å². The molecule has 6 nitrogen and oxygen atoms in total. The topological polar surface area (TPSA) is 84.5 Å². The second-order valence-electron chi connectivity index (χ2n) is 4.75. The molecule has 1 heterocycles. The maximum absolute atomic E-state index is 13.7. The van der Waals surface area contributed by atoms with Gasteiger partial charge in [-0.2, -0.15) is 11.3 Å². The number of benzene rings is 1. The molecule has 0 fully saturated rings. The van der Waals surface area contributed by atoms with Crippen LogP contribution in [0.25, 0.3) is 0 Å². The Hall–Kier alpha value is -2.74. The van der Waals surface area contributed by atoms with Crippen molar-refractivity contribution in [2.75, 3.05) is 19.0 Å². The van der Waals surface area contributed by atoms with Crippen LogP contribution >= 0.6 is 11.3 Å². The Morgan fingerprint density at radius 1 is 1.21 bits per heavy atom. The summed E-state index contributed by atoms with van der Waals surface area (Å²) in [5, 5.41) is 8.44. The molecule has 2 N–H and O–H groups in total. The first-order chi connectivity index (χ1) is 11.5. The zero-order chi connectivity index (χ0) is 17.5. The number of amides is 2. The lowest BCUT2D eigenvalue weighted by Crippen LogP contribution is -2.27. The number of esters is 1. The molecule has 0 radical (unpaired) electrons. The molecule has 0 saturated carbocycles. The van der Waals surface area contributed by atoms with Gasteiger partial charge in [0.25, 0.3) is 5.91 Å². The third kappa shape index (κ3) is 4.63. The highest BCUT2D eigenvalue weighted by Gasteiger charge is 2.12. The Kier molecular flexibility index (Phi) is 6.02. The van der Waals surface area contributed by atoms with Crippen molar-refractivity contribution in [2.45, 2.75) is 6.42 Å². The number of halogens is 1. The van der Waals surface area contributed by atoms with E-state index in [0.717, 1.165) is 6.07 Å². The van der Waals surface area contributed by atoms with Gasteiger partial charge in [0.15, 0.2) is 0 Å². The van der Waals surface area contributed by atoms with E-state index in [2.05, 4.69) is 15.4 Å². The van der Waals surface area contributed by atoms with Crippen LogP contribution in [-0.4, -0.2) is 31.4 Å². The monoisotopic (exact) mass is 350 g/mol. The highest BCUT2D eigenvalue weighted by atomic mass is 32.1. The van der Waals surface area contributed by atoms with E-state index in [1.54, 1.807) is 16.8 Å². The summed E-state index contributed by atoms with van der Waals surface area (Å²) in [5.74, 6) is -2.06. The van der Waals surface area contributed by atoms with Gasteiger partial charge in [0.1, 0.15) is 5.82 Å². The number of anilines is 1. The summed E-state index contributed by atoms with van der Waals surface area (Å²) in [6.07, 6.45) is -0.0300. The Morgan fingerprint density at radius 2 is 2.00 bits per heavy atom. The number of hydrogen-bond donors (Lipinski definition) is 2. The molecule has 0 aliphatic heterocycles. The van der Waals surface area contributed by atoms with Gasteiger partial charge in [0.2, 0.25) is 5.91 Å². The third-order valence-electron chi connectivity index (χ3n) is 3.08. The average Bonchev–Trinajstić information content (AvgIpc) is 3.10. The summed E-state index contributed by atoms with van der Waals surface area (Å²) < 4.78 is 18.2. The van der Waals surface area contributed by atoms with Crippen molar-refractivity contribution in [3.63, 3.8) is 0 Å². The summed E-state index contributed by atoms with van der Waals surface area (Å²) in [6, 6.07) is 5.20. The standard InChI is InChI=1S/C16H15FN2O4S/c1-23-16(22)10-2-3-12(17)13(8-10)19-14(20)4-6-18-15(21)11-5-7-24-9-11/h2-3,5,7-9H,4,6H2,1H3,(H,18,21)(H,19,20). The SMILES string of the molecule is COC(=O)c1ccc(F)c(NC(=O)CCNC(=O)c2ccsc2)c1. The van der Waals surface area contributed by atoms with Crippen LogP contribution in [0.2, 0.25) is 0 Å². The molecular weight excluding hydrogens is 335 g/mol. The van der Waals surface area contributed by atoms with Gasteiger partial charge in [-0.1, -0.05) is 0 Å². The van der Waals surface area contributed by atoms with Crippen molar-refractivity contribution < 1.29 is 23.5 Å². The summed E-state index contributed by atoms with van der Waals surface area (Å²) >= 11 is 1.40. The normalized spacial score (nSPS) is 10.1. The molecule has 24 heavy (non-hydrogen) atoms. The van der Waals surface area contributed by atoms with Crippen LogP contribution in [0.3, 0.4) is 0 Å². The molecule has 0 aliphatic rings. The van der Waals surface area contributed by atoms with E-state index in [0.29, 0.717) is 5.56 Å². The van der Waals surface area contributed by atoms with Gasteiger partial charge in [-0.3, -0.25) is 9.59 Å². The Labute approximate surface area is 141 Å². The van der Waals surface area contributed by atoms with Crippen molar-refractivity contribution in [1.82, 2.24) is 5.32 Å². The van der Waals surface area contributed by atoms with Gasteiger partial charge < -0.3 is 15.4 Å². The molecule has 2 rings (SSSR count). The summed E-state index contributed by atoms with van der Waals surface area (Å²) in [6.45, 7) is 0.110. The van der Waals surface area contributed by atoms with Crippen molar-refractivity contribution in [3.8, 4) is 0 Å². The second-order valence-corrected chi connectivity index (χ2v) is 5.53. The van der Waals surface area contributed by atoms with Crippen molar-refractivity contribution >= 4 is 34.8 Å². The third-order valence-corrected chi connectivity index (χ3v) is 3.77. The fraction of sp³-hybridized carbons (Fsp3) is 0.188. The fourth-order valence-electron chi connectivity index (χ4n) is 1.86. The summed E-state index contributed by atoms with van der Waals surface area (Å²) in [4.78, 5) is 35.0. The molecule has 126 valence electrons.